The summed E-state index contributed by atoms with van der Waals surface area (Å²) in [4.78, 5) is 13.3. The van der Waals surface area contributed by atoms with E-state index in [1.165, 1.54) is 28.6 Å². The van der Waals surface area contributed by atoms with Crippen LogP contribution in [0.1, 0.15) is 22.0 Å². The van der Waals surface area contributed by atoms with E-state index in [1.54, 1.807) is 0 Å². The highest BCUT2D eigenvalue weighted by Crippen LogP contribution is 2.20. The number of rotatable bonds is 6. The number of piperazine rings is 1. The smallest absolute Gasteiger partial charge is 0.248 e. The van der Waals surface area contributed by atoms with Gasteiger partial charge in [0.25, 0.3) is 0 Å². The predicted molar refractivity (Wildman–Crippen MR) is 102 cm³/mol. The molecular formula is C19H23N3O4S. The number of carbonyl (C=O) groups is 1. The molecule has 3 N–H and O–H groups in total. The summed E-state index contributed by atoms with van der Waals surface area (Å²) < 4.78 is 26.9. The summed E-state index contributed by atoms with van der Waals surface area (Å²) in [6.07, 6.45) is -0.601. The third kappa shape index (κ3) is 4.54. The van der Waals surface area contributed by atoms with E-state index in [4.69, 9.17) is 5.73 Å². The molecule has 1 aliphatic heterocycles. The van der Waals surface area contributed by atoms with Gasteiger partial charge in [-0.1, -0.05) is 30.3 Å². The normalized spacial score (nSPS) is 17.5. The van der Waals surface area contributed by atoms with E-state index in [1.807, 2.05) is 30.3 Å². The molecule has 2 aromatic carbocycles. The van der Waals surface area contributed by atoms with Crippen LogP contribution in [-0.2, 0) is 10.0 Å². The molecule has 2 aromatic rings. The van der Waals surface area contributed by atoms with Gasteiger partial charge in [0.2, 0.25) is 15.9 Å². The fourth-order valence-corrected chi connectivity index (χ4v) is 4.54. The van der Waals surface area contributed by atoms with Gasteiger partial charge in [0.05, 0.1) is 11.0 Å². The number of β-amino-alcohol motifs (C(OH)–C–C–N with tert-alkyl or cyclic N) is 1. The second-order valence-electron chi connectivity index (χ2n) is 6.52. The Labute approximate surface area is 159 Å². The molecule has 7 nitrogen and oxygen atoms in total. The van der Waals surface area contributed by atoms with Crippen molar-refractivity contribution in [3.8, 4) is 0 Å². The zero-order valence-electron chi connectivity index (χ0n) is 14.9. The first kappa shape index (κ1) is 19.5. The van der Waals surface area contributed by atoms with E-state index in [0.717, 1.165) is 5.56 Å². The van der Waals surface area contributed by atoms with Crippen molar-refractivity contribution < 1.29 is 18.3 Å². The third-order valence-corrected chi connectivity index (χ3v) is 6.64. The highest BCUT2D eigenvalue weighted by Gasteiger charge is 2.29. The Hall–Kier alpha value is -2.26. The van der Waals surface area contributed by atoms with E-state index < -0.39 is 22.0 Å². The molecule has 1 saturated heterocycles. The minimum atomic E-state index is -3.62. The number of primary amides is 1. The number of sulfonamides is 1. The molecular weight excluding hydrogens is 366 g/mol. The average Bonchev–Trinajstić information content (AvgIpc) is 2.69. The first-order valence-electron chi connectivity index (χ1n) is 8.73. The number of benzene rings is 2. The summed E-state index contributed by atoms with van der Waals surface area (Å²) in [6, 6.07) is 15.1. The lowest BCUT2D eigenvalue weighted by molar-refractivity contribution is 0.0921. The van der Waals surface area contributed by atoms with Gasteiger partial charge in [-0.3, -0.25) is 9.69 Å². The van der Waals surface area contributed by atoms with Gasteiger partial charge in [0.15, 0.2) is 0 Å². The standard InChI is InChI=1S/C19H23N3O4S/c20-19(24)16-6-8-17(9-7-16)27(25,26)22-12-10-21(11-13-22)14-18(23)15-4-2-1-3-5-15/h1-9,18,23H,10-14H2,(H2,20,24). The summed E-state index contributed by atoms with van der Waals surface area (Å²) in [6.45, 7) is 2.25. The van der Waals surface area contributed by atoms with E-state index in [-0.39, 0.29) is 10.5 Å². The Morgan fingerprint density at radius 1 is 1.00 bits per heavy atom. The number of carbonyl (C=O) groups excluding carboxylic acids is 1. The molecule has 1 unspecified atom stereocenters. The van der Waals surface area contributed by atoms with Crippen LogP contribution >= 0.6 is 0 Å². The molecule has 1 aliphatic rings. The zero-order valence-corrected chi connectivity index (χ0v) is 15.7. The topological polar surface area (TPSA) is 104 Å². The molecule has 0 saturated carbocycles. The Morgan fingerprint density at radius 2 is 1.59 bits per heavy atom. The first-order chi connectivity index (χ1) is 12.9. The quantitative estimate of drug-likeness (QED) is 0.761. The minimum Gasteiger partial charge on any atom is -0.387 e. The van der Waals surface area contributed by atoms with Gasteiger partial charge in [-0.2, -0.15) is 4.31 Å². The van der Waals surface area contributed by atoms with Crippen molar-refractivity contribution in [2.75, 3.05) is 32.7 Å². The number of hydrogen-bond acceptors (Lipinski definition) is 5. The molecule has 0 spiro atoms. The second kappa shape index (κ2) is 8.18. The Balaban J connectivity index is 1.60. The average molecular weight is 389 g/mol. The molecule has 3 rings (SSSR count). The van der Waals surface area contributed by atoms with Crippen molar-refractivity contribution >= 4 is 15.9 Å². The molecule has 27 heavy (non-hydrogen) atoms. The molecule has 0 bridgehead atoms. The van der Waals surface area contributed by atoms with Crippen LogP contribution in [0.2, 0.25) is 0 Å². The van der Waals surface area contributed by atoms with Gasteiger partial charge in [-0.25, -0.2) is 8.42 Å². The molecule has 144 valence electrons. The summed E-state index contributed by atoms with van der Waals surface area (Å²) >= 11 is 0. The van der Waals surface area contributed by atoms with Crippen LogP contribution in [0.25, 0.3) is 0 Å². The Morgan fingerprint density at radius 3 is 2.15 bits per heavy atom. The van der Waals surface area contributed by atoms with Crippen LogP contribution < -0.4 is 5.73 Å². The second-order valence-corrected chi connectivity index (χ2v) is 8.46. The van der Waals surface area contributed by atoms with Crippen molar-refractivity contribution in [3.63, 3.8) is 0 Å². The van der Waals surface area contributed by atoms with Gasteiger partial charge >= 0.3 is 0 Å². The Bertz CT molecular complexity index is 877. The van der Waals surface area contributed by atoms with Crippen LogP contribution in [0.3, 0.4) is 0 Å². The van der Waals surface area contributed by atoms with Crippen molar-refractivity contribution in [1.82, 2.24) is 9.21 Å². The maximum absolute atomic E-state index is 12.8. The largest absolute Gasteiger partial charge is 0.387 e. The molecule has 0 radical (unpaired) electrons. The van der Waals surface area contributed by atoms with Gasteiger partial charge in [0, 0.05) is 38.3 Å². The summed E-state index contributed by atoms with van der Waals surface area (Å²) in [7, 11) is -3.62. The third-order valence-electron chi connectivity index (χ3n) is 4.72. The lowest BCUT2D eigenvalue weighted by Crippen LogP contribution is -2.49. The van der Waals surface area contributed by atoms with Crippen molar-refractivity contribution in [2.45, 2.75) is 11.0 Å². The molecule has 0 aliphatic carbocycles. The maximum Gasteiger partial charge on any atom is 0.248 e. The SMILES string of the molecule is NC(=O)c1ccc(S(=O)(=O)N2CCN(CC(O)c3ccccc3)CC2)cc1. The number of nitrogens with zero attached hydrogens (tertiary/aromatic N) is 2. The van der Waals surface area contributed by atoms with E-state index in [0.29, 0.717) is 32.7 Å². The lowest BCUT2D eigenvalue weighted by atomic mass is 10.1. The number of amides is 1. The van der Waals surface area contributed by atoms with Crippen molar-refractivity contribution in [2.24, 2.45) is 5.73 Å². The molecule has 1 atom stereocenters. The Kier molecular flexibility index (Phi) is 5.91. The highest BCUT2D eigenvalue weighted by molar-refractivity contribution is 7.89. The van der Waals surface area contributed by atoms with Gasteiger partial charge in [-0.15, -0.1) is 0 Å². The molecule has 0 aromatic heterocycles. The fraction of sp³-hybridized carbons (Fsp3) is 0.316. The fourth-order valence-electron chi connectivity index (χ4n) is 3.12. The summed E-state index contributed by atoms with van der Waals surface area (Å²) in [5.74, 6) is -0.593. The number of aliphatic hydroxyl groups excluding tert-OH is 1. The van der Waals surface area contributed by atoms with Gasteiger partial charge < -0.3 is 10.8 Å². The number of aliphatic hydroxyl groups is 1. The van der Waals surface area contributed by atoms with Crippen LogP contribution in [0.15, 0.2) is 59.5 Å². The van der Waals surface area contributed by atoms with Gasteiger partial charge in [0.1, 0.15) is 0 Å². The molecule has 8 heteroatoms. The molecule has 1 amide bonds. The first-order valence-corrected chi connectivity index (χ1v) is 10.2. The maximum atomic E-state index is 12.8. The minimum absolute atomic E-state index is 0.144. The molecule has 1 fully saturated rings. The van der Waals surface area contributed by atoms with E-state index in [9.17, 15) is 18.3 Å². The van der Waals surface area contributed by atoms with Crippen LogP contribution in [0.5, 0.6) is 0 Å². The van der Waals surface area contributed by atoms with Crippen LogP contribution in [-0.4, -0.2) is 61.4 Å². The number of nitrogens with two attached hydrogens (primary N) is 1. The van der Waals surface area contributed by atoms with Crippen LogP contribution in [0.4, 0.5) is 0 Å². The lowest BCUT2D eigenvalue weighted by Gasteiger charge is -2.35. The van der Waals surface area contributed by atoms with E-state index in [2.05, 4.69) is 4.90 Å². The summed E-state index contributed by atoms with van der Waals surface area (Å²) in [5, 5.41) is 10.3. The zero-order chi connectivity index (χ0) is 19.4. The van der Waals surface area contributed by atoms with Crippen LogP contribution in [0, 0.1) is 0 Å². The van der Waals surface area contributed by atoms with Crippen molar-refractivity contribution in [3.05, 3.63) is 65.7 Å². The van der Waals surface area contributed by atoms with Crippen molar-refractivity contribution in [1.29, 1.82) is 0 Å². The van der Waals surface area contributed by atoms with E-state index >= 15 is 0 Å². The predicted octanol–water partition coefficient (Wildman–Crippen LogP) is 0.825. The van der Waals surface area contributed by atoms with Gasteiger partial charge in [-0.05, 0) is 29.8 Å². The monoisotopic (exact) mass is 389 g/mol. The molecule has 1 heterocycles. The summed E-state index contributed by atoms with van der Waals surface area (Å²) in [5.41, 5.74) is 6.31. The highest BCUT2D eigenvalue weighted by atomic mass is 32.2. The number of hydrogen-bond donors (Lipinski definition) is 2.